The van der Waals surface area contributed by atoms with E-state index in [4.69, 9.17) is 5.73 Å². The minimum atomic E-state index is 0.0844. The zero-order chi connectivity index (χ0) is 10.4. The summed E-state index contributed by atoms with van der Waals surface area (Å²) in [5.74, 6) is 0. The van der Waals surface area contributed by atoms with Crippen LogP contribution >= 0.6 is 0 Å². The zero-order valence-electron chi connectivity index (χ0n) is 8.69. The Balaban J connectivity index is 2.50. The number of likely N-dealkylation sites (N-methyl/N-ethyl adjacent to an activating group) is 1. The summed E-state index contributed by atoms with van der Waals surface area (Å²) in [5, 5.41) is 0. The lowest BCUT2D eigenvalue weighted by atomic mass is 10.1. The van der Waals surface area contributed by atoms with Crippen LogP contribution in [-0.2, 0) is 0 Å². The second kappa shape index (κ2) is 5.58. The molecule has 0 radical (unpaired) electrons. The molecule has 0 amide bonds. The van der Waals surface area contributed by atoms with Gasteiger partial charge in [-0.1, -0.05) is 36.4 Å². The van der Waals surface area contributed by atoms with Crippen molar-refractivity contribution in [3.63, 3.8) is 0 Å². The summed E-state index contributed by atoms with van der Waals surface area (Å²) in [5.41, 5.74) is 7.23. The van der Waals surface area contributed by atoms with E-state index in [1.807, 2.05) is 31.3 Å². The smallest absolute Gasteiger partial charge is 0.0424 e. The van der Waals surface area contributed by atoms with Gasteiger partial charge in [-0.3, -0.25) is 0 Å². The number of hydrogen-bond donors (Lipinski definition) is 1. The molecule has 2 heteroatoms. The molecule has 1 aromatic carbocycles. The molecule has 14 heavy (non-hydrogen) atoms. The van der Waals surface area contributed by atoms with Crippen LogP contribution in [0, 0.1) is 0 Å². The molecule has 0 aliphatic rings. The average molecular weight is 190 g/mol. The zero-order valence-corrected chi connectivity index (χ0v) is 8.69. The van der Waals surface area contributed by atoms with E-state index in [1.54, 1.807) is 0 Å². The van der Waals surface area contributed by atoms with Crippen molar-refractivity contribution >= 4 is 0 Å². The van der Waals surface area contributed by atoms with Crippen molar-refractivity contribution < 1.29 is 0 Å². The summed E-state index contributed by atoms with van der Waals surface area (Å²) in [4.78, 5) is 2.16. The maximum Gasteiger partial charge on any atom is 0.0424 e. The molecule has 0 saturated carbocycles. The standard InChI is InChI=1S/C12H18N2/c1-3-9-14(2)10-12(13)11-7-5-4-6-8-11/h3-8,12H,1,9-10,13H2,2H3. The summed E-state index contributed by atoms with van der Waals surface area (Å²) in [6.45, 7) is 5.43. The van der Waals surface area contributed by atoms with E-state index in [1.165, 1.54) is 5.56 Å². The lowest BCUT2D eigenvalue weighted by Gasteiger charge is -2.19. The summed E-state index contributed by atoms with van der Waals surface area (Å²) < 4.78 is 0. The first-order valence-corrected chi connectivity index (χ1v) is 4.84. The molecule has 0 aromatic heterocycles. The Morgan fingerprint density at radius 3 is 2.64 bits per heavy atom. The molecular formula is C12H18N2. The van der Waals surface area contributed by atoms with Crippen LogP contribution in [0.1, 0.15) is 11.6 Å². The fraction of sp³-hybridized carbons (Fsp3) is 0.333. The summed E-state index contributed by atoms with van der Waals surface area (Å²) in [7, 11) is 2.05. The van der Waals surface area contributed by atoms with Gasteiger partial charge in [-0.05, 0) is 12.6 Å². The number of benzene rings is 1. The van der Waals surface area contributed by atoms with E-state index in [0.29, 0.717) is 0 Å². The molecule has 0 heterocycles. The van der Waals surface area contributed by atoms with E-state index in [0.717, 1.165) is 13.1 Å². The van der Waals surface area contributed by atoms with Gasteiger partial charge in [-0.2, -0.15) is 0 Å². The first-order valence-electron chi connectivity index (χ1n) is 4.84. The quantitative estimate of drug-likeness (QED) is 0.717. The molecule has 0 spiro atoms. The molecule has 1 aromatic rings. The minimum absolute atomic E-state index is 0.0844. The van der Waals surface area contributed by atoms with Crippen molar-refractivity contribution in [3.8, 4) is 0 Å². The predicted octanol–water partition coefficient (Wildman–Crippen LogP) is 1.80. The van der Waals surface area contributed by atoms with E-state index < -0.39 is 0 Å². The molecule has 0 aliphatic heterocycles. The number of nitrogens with zero attached hydrogens (tertiary/aromatic N) is 1. The van der Waals surface area contributed by atoms with Crippen LogP contribution in [-0.4, -0.2) is 25.0 Å². The van der Waals surface area contributed by atoms with Crippen molar-refractivity contribution in [1.29, 1.82) is 0 Å². The lowest BCUT2D eigenvalue weighted by Crippen LogP contribution is -2.29. The van der Waals surface area contributed by atoms with E-state index in [9.17, 15) is 0 Å². The first-order chi connectivity index (χ1) is 6.74. The van der Waals surface area contributed by atoms with Gasteiger partial charge in [0, 0.05) is 19.1 Å². The Hall–Kier alpha value is -1.12. The Labute approximate surface area is 86.0 Å². The van der Waals surface area contributed by atoms with Crippen LogP contribution in [0.3, 0.4) is 0 Å². The molecule has 0 aliphatic carbocycles. The molecule has 2 nitrogen and oxygen atoms in total. The molecule has 0 saturated heterocycles. The summed E-state index contributed by atoms with van der Waals surface area (Å²) >= 11 is 0. The van der Waals surface area contributed by atoms with Crippen molar-refractivity contribution in [2.75, 3.05) is 20.1 Å². The highest BCUT2D eigenvalue weighted by Crippen LogP contribution is 2.09. The third-order valence-corrected chi connectivity index (χ3v) is 2.18. The molecule has 0 fully saturated rings. The molecule has 1 unspecified atom stereocenters. The highest BCUT2D eigenvalue weighted by molar-refractivity contribution is 5.18. The highest BCUT2D eigenvalue weighted by Gasteiger charge is 2.07. The monoisotopic (exact) mass is 190 g/mol. The molecule has 1 rings (SSSR count). The average Bonchev–Trinajstić information content (AvgIpc) is 2.19. The minimum Gasteiger partial charge on any atom is -0.323 e. The van der Waals surface area contributed by atoms with Crippen LogP contribution in [0.2, 0.25) is 0 Å². The van der Waals surface area contributed by atoms with Crippen LogP contribution in [0.15, 0.2) is 43.0 Å². The summed E-state index contributed by atoms with van der Waals surface area (Å²) in [6.07, 6.45) is 1.89. The SMILES string of the molecule is C=CCN(C)CC(N)c1ccccc1. The largest absolute Gasteiger partial charge is 0.323 e. The Morgan fingerprint density at radius 1 is 1.43 bits per heavy atom. The fourth-order valence-electron chi connectivity index (χ4n) is 1.44. The predicted molar refractivity (Wildman–Crippen MR) is 61.1 cm³/mol. The van der Waals surface area contributed by atoms with Gasteiger partial charge in [0.1, 0.15) is 0 Å². The van der Waals surface area contributed by atoms with Crippen LogP contribution in [0.5, 0.6) is 0 Å². The second-order valence-electron chi connectivity index (χ2n) is 3.53. The van der Waals surface area contributed by atoms with Crippen molar-refractivity contribution in [3.05, 3.63) is 48.6 Å². The highest BCUT2D eigenvalue weighted by atomic mass is 15.1. The van der Waals surface area contributed by atoms with Gasteiger partial charge in [0.25, 0.3) is 0 Å². The normalized spacial score (nSPS) is 12.8. The van der Waals surface area contributed by atoms with Gasteiger partial charge in [0.15, 0.2) is 0 Å². The summed E-state index contributed by atoms with van der Waals surface area (Å²) in [6, 6.07) is 10.2. The first kappa shape index (κ1) is 11.0. The van der Waals surface area contributed by atoms with Gasteiger partial charge in [0.2, 0.25) is 0 Å². The Bertz CT molecular complexity index is 269. The van der Waals surface area contributed by atoms with Gasteiger partial charge < -0.3 is 10.6 Å². The van der Waals surface area contributed by atoms with Crippen molar-refractivity contribution in [2.45, 2.75) is 6.04 Å². The fourth-order valence-corrected chi connectivity index (χ4v) is 1.44. The maximum absolute atomic E-state index is 6.05. The third-order valence-electron chi connectivity index (χ3n) is 2.18. The Kier molecular flexibility index (Phi) is 4.36. The molecule has 0 bridgehead atoms. The van der Waals surface area contributed by atoms with Crippen LogP contribution in [0.25, 0.3) is 0 Å². The molecular weight excluding hydrogens is 172 g/mol. The molecule has 1 atom stereocenters. The van der Waals surface area contributed by atoms with Crippen LogP contribution < -0.4 is 5.73 Å². The van der Waals surface area contributed by atoms with E-state index in [-0.39, 0.29) is 6.04 Å². The van der Waals surface area contributed by atoms with E-state index in [2.05, 4.69) is 23.6 Å². The lowest BCUT2D eigenvalue weighted by molar-refractivity contribution is 0.344. The Morgan fingerprint density at radius 2 is 2.07 bits per heavy atom. The van der Waals surface area contributed by atoms with Gasteiger partial charge in [-0.15, -0.1) is 6.58 Å². The third kappa shape index (κ3) is 3.32. The van der Waals surface area contributed by atoms with Crippen molar-refractivity contribution in [1.82, 2.24) is 4.90 Å². The second-order valence-corrected chi connectivity index (χ2v) is 3.53. The molecule has 2 N–H and O–H groups in total. The van der Waals surface area contributed by atoms with E-state index >= 15 is 0 Å². The maximum atomic E-state index is 6.05. The number of hydrogen-bond acceptors (Lipinski definition) is 2. The van der Waals surface area contributed by atoms with Gasteiger partial charge >= 0.3 is 0 Å². The topological polar surface area (TPSA) is 29.3 Å². The van der Waals surface area contributed by atoms with Gasteiger partial charge in [-0.25, -0.2) is 0 Å². The van der Waals surface area contributed by atoms with Gasteiger partial charge in [0.05, 0.1) is 0 Å². The number of nitrogens with two attached hydrogens (primary N) is 1. The molecule has 76 valence electrons. The van der Waals surface area contributed by atoms with Crippen molar-refractivity contribution in [2.24, 2.45) is 5.73 Å². The number of rotatable bonds is 5. The van der Waals surface area contributed by atoms with Crippen LogP contribution in [0.4, 0.5) is 0 Å².